The molecule has 0 spiro atoms. The molecule has 3 aromatic rings. The van der Waals surface area contributed by atoms with Gasteiger partial charge in [-0.15, -0.1) is 0 Å². The SMILES string of the molecule is CCCOc1ccc(N(C)c2nc(Nc3ccc([N+](=O)[O-])cc3)ncc2C(F)(F)F)cc1. The number of alkyl halides is 3. The van der Waals surface area contributed by atoms with Crippen LogP contribution in [0, 0.1) is 10.1 Å². The Balaban J connectivity index is 1.91. The maximum Gasteiger partial charge on any atom is 0.421 e. The van der Waals surface area contributed by atoms with Gasteiger partial charge in [0, 0.05) is 36.8 Å². The van der Waals surface area contributed by atoms with E-state index < -0.39 is 16.7 Å². The fourth-order valence-corrected chi connectivity index (χ4v) is 2.79. The lowest BCUT2D eigenvalue weighted by Crippen LogP contribution is -2.19. The Morgan fingerprint density at radius 2 is 1.78 bits per heavy atom. The summed E-state index contributed by atoms with van der Waals surface area (Å²) < 4.78 is 46.3. The maximum atomic E-state index is 13.6. The van der Waals surface area contributed by atoms with E-state index in [0.29, 0.717) is 29.9 Å². The lowest BCUT2D eigenvalue weighted by molar-refractivity contribution is -0.384. The van der Waals surface area contributed by atoms with Crippen LogP contribution in [-0.4, -0.2) is 28.5 Å². The summed E-state index contributed by atoms with van der Waals surface area (Å²) in [5.74, 6) is 0.180. The summed E-state index contributed by atoms with van der Waals surface area (Å²) >= 11 is 0. The van der Waals surface area contributed by atoms with E-state index in [1.165, 1.54) is 36.2 Å². The third kappa shape index (κ3) is 5.42. The number of benzene rings is 2. The van der Waals surface area contributed by atoms with Crippen molar-refractivity contribution < 1.29 is 22.8 Å². The van der Waals surface area contributed by atoms with E-state index >= 15 is 0 Å². The summed E-state index contributed by atoms with van der Waals surface area (Å²) in [5.41, 5.74) is -0.253. The number of non-ortho nitro benzene ring substituents is 1. The molecular formula is C21H20F3N5O3. The van der Waals surface area contributed by atoms with Gasteiger partial charge in [0.1, 0.15) is 11.3 Å². The van der Waals surface area contributed by atoms with Crippen molar-refractivity contribution in [3.05, 3.63) is 70.4 Å². The first kappa shape index (κ1) is 22.8. The summed E-state index contributed by atoms with van der Waals surface area (Å²) in [4.78, 5) is 19.3. The van der Waals surface area contributed by atoms with Gasteiger partial charge < -0.3 is 15.0 Å². The predicted molar refractivity (Wildman–Crippen MR) is 114 cm³/mol. The number of ether oxygens (including phenoxy) is 1. The molecule has 1 heterocycles. The number of anilines is 4. The van der Waals surface area contributed by atoms with Gasteiger partial charge >= 0.3 is 6.18 Å². The van der Waals surface area contributed by atoms with Crippen LogP contribution in [0.1, 0.15) is 18.9 Å². The second-order valence-electron chi connectivity index (χ2n) is 6.76. The fraction of sp³-hybridized carbons (Fsp3) is 0.238. The molecule has 1 N–H and O–H groups in total. The van der Waals surface area contributed by atoms with E-state index in [4.69, 9.17) is 4.74 Å². The smallest absolute Gasteiger partial charge is 0.421 e. The van der Waals surface area contributed by atoms with Gasteiger partial charge in [-0.25, -0.2) is 4.98 Å². The highest BCUT2D eigenvalue weighted by Gasteiger charge is 2.36. The number of nitrogens with one attached hydrogen (secondary N) is 1. The van der Waals surface area contributed by atoms with E-state index in [9.17, 15) is 23.3 Å². The first-order valence-electron chi connectivity index (χ1n) is 9.61. The molecule has 0 atom stereocenters. The van der Waals surface area contributed by atoms with Gasteiger partial charge in [0.25, 0.3) is 5.69 Å². The Hall–Kier alpha value is -3.89. The van der Waals surface area contributed by atoms with Gasteiger partial charge in [-0.3, -0.25) is 10.1 Å². The molecule has 8 nitrogen and oxygen atoms in total. The number of nitrogens with zero attached hydrogens (tertiary/aromatic N) is 4. The quantitative estimate of drug-likeness (QED) is 0.349. The second kappa shape index (κ2) is 9.50. The van der Waals surface area contributed by atoms with E-state index in [-0.39, 0.29) is 17.5 Å². The number of nitro groups is 1. The lowest BCUT2D eigenvalue weighted by Gasteiger charge is -2.23. The lowest BCUT2D eigenvalue weighted by atomic mass is 10.2. The third-order valence-corrected chi connectivity index (χ3v) is 4.42. The van der Waals surface area contributed by atoms with E-state index in [1.807, 2.05) is 6.92 Å². The van der Waals surface area contributed by atoms with E-state index in [0.717, 1.165) is 6.42 Å². The maximum absolute atomic E-state index is 13.6. The molecule has 0 aliphatic rings. The third-order valence-electron chi connectivity index (χ3n) is 4.42. The Bertz CT molecular complexity index is 1070. The zero-order valence-electron chi connectivity index (χ0n) is 17.3. The molecule has 1 aromatic heterocycles. The largest absolute Gasteiger partial charge is 0.494 e. The zero-order chi connectivity index (χ0) is 23.3. The highest BCUT2D eigenvalue weighted by Crippen LogP contribution is 2.38. The Morgan fingerprint density at radius 1 is 1.12 bits per heavy atom. The van der Waals surface area contributed by atoms with Crippen molar-refractivity contribution in [3.63, 3.8) is 0 Å². The van der Waals surface area contributed by atoms with Gasteiger partial charge in [0.2, 0.25) is 5.95 Å². The average molecular weight is 447 g/mol. The van der Waals surface area contributed by atoms with Crippen LogP contribution in [-0.2, 0) is 6.18 Å². The monoisotopic (exact) mass is 447 g/mol. The number of halogens is 3. The molecule has 0 bridgehead atoms. The van der Waals surface area contributed by atoms with Crippen LogP contribution in [0.15, 0.2) is 54.7 Å². The minimum Gasteiger partial charge on any atom is -0.494 e. The van der Waals surface area contributed by atoms with E-state index in [2.05, 4.69) is 15.3 Å². The Morgan fingerprint density at radius 3 is 2.34 bits per heavy atom. The summed E-state index contributed by atoms with van der Waals surface area (Å²) in [5, 5.41) is 13.5. The van der Waals surface area contributed by atoms with E-state index in [1.54, 1.807) is 24.3 Å². The molecule has 0 fully saturated rings. The van der Waals surface area contributed by atoms with Crippen molar-refractivity contribution in [2.75, 3.05) is 23.9 Å². The van der Waals surface area contributed by atoms with Crippen LogP contribution in [0.25, 0.3) is 0 Å². The standard InChI is InChI=1S/C21H20F3N5O3/c1-3-12-32-17-10-8-15(9-11-17)28(2)19-18(21(22,23)24)13-25-20(27-19)26-14-4-6-16(7-5-14)29(30)31/h4-11,13H,3,12H2,1-2H3,(H,25,26,27). The van der Waals surface area contributed by atoms with Crippen LogP contribution in [0.4, 0.5) is 42.0 Å². The van der Waals surface area contributed by atoms with Crippen LogP contribution in [0.3, 0.4) is 0 Å². The van der Waals surface area contributed by atoms with Crippen LogP contribution in [0.2, 0.25) is 0 Å². The first-order valence-corrected chi connectivity index (χ1v) is 9.61. The van der Waals surface area contributed by atoms with Crippen molar-refractivity contribution in [1.82, 2.24) is 9.97 Å². The number of aromatic nitrogens is 2. The van der Waals surface area contributed by atoms with Crippen molar-refractivity contribution in [2.45, 2.75) is 19.5 Å². The second-order valence-corrected chi connectivity index (χ2v) is 6.76. The Kier molecular flexibility index (Phi) is 6.76. The molecular weight excluding hydrogens is 427 g/mol. The zero-order valence-corrected chi connectivity index (χ0v) is 17.3. The van der Waals surface area contributed by atoms with Gasteiger partial charge in [-0.05, 0) is 42.8 Å². The minimum atomic E-state index is -4.67. The molecule has 11 heteroatoms. The number of hydrogen-bond donors (Lipinski definition) is 1. The van der Waals surface area contributed by atoms with Gasteiger partial charge in [0.05, 0.1) is 11.5 Å². The summed E-state index contributed by atoms with van der Waals surface area (Å²) in [6.45, 7) is 2.51. The highest BCUT2D eigenvalue weighted by molar-refractivity contribution is 5.65. The molecule has 3 rings (SSSR count). The molecule has 168 valence electrons. The number of hydrogen-bond acceptors (Lipinski definition) is 7. The molecule has 0 amide bonds. The highest BCUT2D eigenvalue weighted by atomic mass is 19.4. The molecule has 0 saturated heterocycles. The van der Waals surface area contributed by atoms with Crippen LogP contribution in [0.5, 0.6) is 5.75 Å². The molecule has 0 unspecified atom stereocenters. The molecule has 2 aromatic carbocycles. The first-order chi connectivity index (χ1) is 15.2. The Labute approximate surface area is 181 Å². The minimum absolute atomic E-state index is 0.0865. The molecule has 32 heavy (non-hydrogen) atoms. The van der Waals surface area contributed by atoms with Crippen LogP contribution < -0.4 is 15.0 Å². The van der Waals surface area contributed by atoms with Crippen molar-refractivity contribution >= 4 is 28.8 Å². The van der Waals surface area contributed by atoms with Crippen molar-refractivity contribution in [3.8, 4) is 5.75 Å². The summed E-state index contributed by atoms with van der Waals surface area (Å²) in [6.07, 6.45) is -3.13. The average Bonchev–Trinajstić information content (AvgIpc) is 2.77. The van der Waals surface area contributed by atoms with Gasteiger partial charge in [-0.1, -0.05) is 6.92 Å². The van der Waals surface area contributed by atoms with Crippen LogP contribution >= 0.6 is 0 Å². The van der Waals surface area contributed by atoms with Gasteiger partial charge in [-0.2, -0.15) is 18.2 Å². The van der Waals surface area contributed by atoms with Gasteiger partial charge in [0.15, 0.2) is 5.82 Å². The topological polar surface area (TPSA) is 93.4 Å². The van der Waals surface area contributed by atoms with Crippen molar-refractivity contribution in [2.24, 2.45) is 0 Å². The normalized spacial score (nSPS) is 11.2. The molecule has 0 aliphatic heterocycles. The summed E-state index contributed by atoms with van der Waals surface area (Å²) in [6, 6.07) is 12.0. The molecule has 0 aliphatic carbocycles. The number of nitro benzene ring substituents is 1. The fourth-order valence-electron chi connectivity index (χ4n) is 2.79. The van der Waals surface area contributed by atoms with Crippen molar-refractivity contribution in [1.29, 1.82) is 0 Å². The number of rotatable bonds is 8. The molecule has 0 saturated carbocycles. The predicted octanol–water partition coefficient (Wildman–Crippen LogP) is 5.70. The molecule has 0 radical (unpaired) electrons. The summed E-state index contributed by atoms with van der Waals surface area (Å²) in [7, 11) is 1.47.